The van der Waals surface area contributed by atoms with Crippen LogP contribution in [0.5, 0.6) is 5.75 Å². The van der Waals surface area contributed by atoms with E-state index < -0.39 is 71.4 Å². The third kappa shape index (κ3) is 25.0. The molecular formula is C74H115Cl3N8O15S2. The number of aliphatic hydroxyl groups excluding tert-OH is 1. The Kier molecular flexibility index (Phi) is 34.5. The number of aliphatic imine (C=N–C) groups is 1. The monoisotopic (exact) mass is 1520 g/mol. The van der Waals surface area contributed by atoms with Crippen LogP contribution < -0.4 is 41.1 Å². The van der Waals surface area contributed by atoms with Crippen molar-refractivity contribution >= 4 is 147 Å². The molecule has 574 valence electrons. The van der Waals surface area contributed by atoms with Crippen molar-refractivity contribution in [1.82, 2.24) is 0 Å². The van der Waals surface area contributed by atoms with E-state index in [1.165, 1.54) is 99.2 Å². The quantitative estimate of drug-likeness (QED) is 0.00310. The second-order valence-corrected chi connectivity index (χ2v) is 26.9. The lowest BCUT2D eigenvalue weighted by molar-refractivity contribution is -0.136. The predicted octanol–water partition coefficient (Wildman–Crippen LogP) is 18.8. The van der Waals surface area contributed by atoms with Crippen molar-refractivity contribution in [1.29, 1.82) is 0 Å². The molecule has 0 spiro atoms. The molecule has 0 saturated heterocycles. The predicted molar refractivity (Wildman–Crippen MR) is 433 cm³/mol. The van der Waals surface area contributed by atoms with Crippen molar-refractivity contribution in [2.75, 3.05) is 82.3 Å². The number of nitrogens with zero attached hydrogens (tertiary/aromatic N) is 4. The highest BCUT2D eigenvalue weighted by Gasteiger charge is 2.33. The number of benzene rings is 7. The number of amides is 2. The summed E-state index contributed by atoms with van der Waals surface area (Å²) in [5.41, 5.74) is 12.1. The number of alkyl halides is 1. The lowest BCUT2D eigenvalue weighted by Gasteiger charge is -2.35. The van der Waals surface area contributed by atoms with Gasteiger partial charge in [0.1, 0.15) is 15.5 Å². The van der Waals surface area contributed by atoms with Crippen molar-refractivity contribution in [3.8, 4) is 5.75 Å². The number of nitrogens with two attached hydrogens (primary N) is 1. The van der Waals surface area contributed by atoms with Gasteiger partial charge >= 0.3 is 17.9 Å². The molecule has 0 radical (unpaired) electrons. The molecular weight excluding hydrogens is 1410 g/mol. The SMILES string of the molecule is C=COC(=O)c1ccc(Cl)c(NC(=O)C(Cl)C(=O)Oc2ccccc2)c1.CCCCCCCCCCCCOC(=O)c1ccc(Cl)c(NC(=O)C2=Nc3ccc(N(CC)CC)cc3N(CC)C2O)c1.CCNc1cc(N(CC)CC)ccc1N.O=S(=O)(O)c1cccc2c(S(=O)(=O)O)cccc12.[HH].[HH].[HH].[HH].[HH].[HH].[HH].[HH].[HH].[HH].[HH].[HH]. The number of ether oxygens (including phenoxy) is 3. The highest BCUT2D eigenvalue weighted by Crippen LogP contribution is 2.38. The van der Waals surface area contributed by atoms with E-state index in [4.69, 9.17) is 59.1 Å². The highest BCUT2D eigenvalue weighted by atomic mass is 35.5. The number of esters is 3. The maximum absolute atomic E-state index is 13.3. The third-order valence-corrected chi connectivity index (χ3v) is 18.8. The van der Waals surface area contributed by atoms with Crippen LogP contribution in [-0.2, 0) is 44.1 Å². The number of halogens is 3. The number of rotatable bonds is 31. The molecule has 0 aromatic heterocycles. The van der Waals surface area contributed by atoms with E-state index in [0.29, 0.717) is 24.4 Å². The van der Waals surface area contributed by atoms with Crippen LogP contribution in [0.25, 0.3) is 10.8 Å². The summed E-state index contributed by atoms with van der Waals surface area (Å²) in [4.78, 5) is 71.8. The Hall–Kier alpha value is -8.79. The number of carbonyl (C=O) groups excluding carboxylic acids is 5. The first-order chi connectivity index (χ1) is 48.7. The molecule has 1 aliphatic rings. The molecule has 2 amide bonds. The molecule has 102 heavy (non-hydrogen) atoms. The largest absolute Gasteiger partial charge is 0.462 e. The Morgan fingerprint density at radius 1 is 0.637 bits per heavy atom. The van der Waals surface area contributed by atoms with Gasteiger partial charge in [-0.25, -0.2) is 19.4 Å². The zero-order valence-corrected chi connectivity index (χ0v) is 62.2. The number of nitrogen functional groups attached to an aromatic ring is 1. The van der Waals surface area contributed by atoms with Gasteiger partial charge in [-0.05, 0) is 145 Å². The fourth-order valence-electron chi connectivity index (χ4n) is 10.6. The summed E-state index contributed by atoms with van der Waals surface area (Å²) in [6.07, 6.45) is 11.8. The van der Waals surface area contributed by atoms with Crippen molar-refractivity contribution in [2.45, 2.75) is 134 Å². The number of aliphatic hydroxyl groups is 1. The van der Waals surface area contributed by atoms with Crippen molar-refractivity contribution < 1.29 is 86.4 Å². The molecule has 1 aliphatic heterocycles. The number of fused-ring (bicyclic) bond motifs is 2. The average Bonchev–Trinajstić information content (AvgIpc) is 0.777. The van der Waals surface area contributed by atoms with Gasteiger partial charge in [0, 0.05) is 78.5 Å². The van der Waals surface area contributed by atoms with E-state index in [-0.39, 0.29) is 66.3 Å². The van der Waals surface area contributed by atoms with Gasteiger partial charge < -0.3 is 55.7 Å². The van der Waals surface area contributed by atoms with E-state index >= 15 is 0 Å². The second kappa shape index (κ2) is 42.0. The Balaban J connectivity index is -0.000000228. The number of anilines is 7. The smallest absolute Gasteiger partial charge is 0.342 e. The summed E-state index contributed by atoms with van der Waals surface area (Å²) in [6.45, 7) is 23.5. The number of unbranched alkanes of at least 4 members (excludes halogenated alkanes) is 9. The summed E-state index contributed by atoms with van der Waals surface area (Å²) >= 11 is 18.2. The molecule has 0 saturated carbocycles. The van der Waals surface area contributed by atoms with Gasteiger partial charge in [-0.1, -0.05) is 149 Å². The molecule has 0 bridgehead atoms. The van der Waals surface area contributed by atoms with Crippen LogP contribution in [0.4, 0.5) is 45.5 Å². The second-order valence-electron chi connectivity index (χ2n) is 22.9. The normalized spacial score (nSPS) is 12.6. The van der Waals surface area contributed by atoms with Crippen LogP contribution in [0.1, 0.15) is 151 Å². The van der Waals surface area contributed by atoms with Gasteiger partial charge in [-0.3, -0.25) is 18.7 Å². The molecule has 2 atom stereocenters. The Bertz CT molecular complexity index is 4220. The Morgan fingerprint density at radius 2 is 1.15 bits per heavy atom. The molecule has 0 fully saturated rings. The van der Waals surface area contributed by atoms with Crippen molar-refractivity contribution in [3.05, 3.63) is 174 Å². The molecule has 7 aromatic rings. The van der Waals surface area contributed by atoms with Crippen molar-refractivity contribution in [3.63, 3.8) is 0 Å². The van der Waals surface area contributed by atoms with E-state index in [9.17, 15) is 45.9 Å². The van der Waals surface area contributed by atoms with Gasteiger partial charge in [-0.2, -0.15) is 16.8 Å². The number of hydrogen-bond acceptors (Lipinski definition) is 19. The lowest BCUT2D eigenvalue weighted by atomic mass is 10.1. The molecule has 28 heteroatoms. The first-order valence-electron chi connectivity index (χ1n) is 33.6. The minimum atomic E-state index is -4.47. The molecule has 7 aromatic carbocycles. The lowest BCUT2D eigenvalue weighted by Crippen LogP contribution is -2.48. The fraction of sp³-hybridized carbons (Fsp3) is 0.351. The Morgan fingerprint density at radius 3 is 1.66 bits per heavy atom. The van der Waals surface area contributed by atoms with Crippen LogP contribution in [0, 0.1) is 0 Å². The number of carbonyl (C=O) groups is 5. The maximum atomic E-state index is 13.3. The van der Waals surface area contributed by atoms with Crippen LogP contribution in [0.15, 0.2) is 167 Å². The van der Waals surface area contributed by atoms with Crippen molar-refractivity contribution in [2.24, 2.45) is 4.99 Å². The summed E-state index contributed by atoms with van der Waals surface area (Å²) in [6, 6.07) is 36.4. The van der Waals surface area contributed by atoms with Crippen LogP contribution in [0.3, 0.4) is 0 Å². The summed E-state index contributed by atoms with van der Waals surface area (Å²) in [5.74, 6) is -3.30. The Labute approximate surface area is 630 Å². The minimum Gasteiger partial charge on any atom is -0.462 e. The van der Waals surface area contributed by atoms with Gasteiger partial charge in [0.2, 0.25) is 5.38 Å². The molecule has 8 N–H and O–H groups in total. The topological polar surface area (TPSA) is 326 Å². The number of para-hydroxylation sites is 1. The standard InChI is InChI=1S/C34H49ClN4O4.C18H13Cl2NO5.C12H21N3.C10H8O6S2.12H2/c1-5-9-10-11-12-13-14-15-16-17-22-43-34(42)25-18-20-27(35)29(23-25)37-32(40)31-33(41)39(8-4)30-24-26(38(6-2)7-3)19-21-28(30)36-31;1-2-25-17(23)11-8-9-13(19)14(10-11)21-16(22)15(20)18(24)26-12-6-4-3-5-7-12;1-4-14-12-9-10(7-8-11(12)13)15(5-2)6-3;11-17(12,13)9-5-1-3-7-8(9)4-2-6-10(7)18(14,15)16;;;;;;;;;;;;/h18-21,23-24,33,41H,5-17,22H2,1-4H3,(H,37,40);2-10,15H,1H2,(H,21,22);7-9,14H,4-6,13H2,1-3H3;1-6H,(H,11,12,13)(H,14,15,16);12*1H. The van der Waals surface area contributed by atoms with Crippen LogP contribution in [-0.4, -0.2) is 124 Å². The van der Waals surface area contributed by atoms with Crippen LogP contribution in [0.2, 0.25) is 10.0 Å². The molecule has 1 heterocycles. The van der Waals surface area contributed by atoms with E-state index in [1.807, 2.05) is 31.2 Å². The van der Waals surface area contributed by atoms with Gasteiger partial charge in [-0.15, -0.1) is 0 Å². The first-order valence-corrected chi connectivity index (χ1v) is 37.7. The maximum Gasteiger partial charge on any atom is 0.342 e. The van der Waals surface area contributed by atoms with Gasteiger partial charge in [0.05, 0.1) is 68.2 Å². The zero-order valence-electron chi connectivity index (χ0n) is 58.3. The number of nitrogens with one attached hydrogen (secondary N) is 3. The minimum absolute atomic E-state index is 0. The van der Waals surface area contributed by atoms with Gasteiger partial charge in [0.25, 0.3) is 32.1 Å². The van der Waals surface area contributed by atoms with Gasteiger partial charge in [0.15, 0.2) is 11.9 Å². The third-order valence-electron chi connectivity index (χ3n) is 15.9. The molecule has 23 nitrogen and oxygen atoms in total. The van der Waals surface area contributed by atoms with E-state index in [2.05, 4.69) is 95.7 Å². The summed E-state index contributed by atoms with van der Waals surface area (Å²) < 4.78 is 77.8. The van der Waals surface area contributed by atoms with E-state index in [0.717, 1.165) is 93.1 Å². The molecule has 2 unspecified atom stereocenters. The van der Waals surface area contributed by atoms with E-state index in [1.54, 1.807) is 47.4 Å². The zero-order chi connectivity index (χ0) is 75.1. The summed E-state index contributed by atoms with van der Waals surface area (Å²) in [7, 11) is -8.94. The summed E-state index contributed by atoms with van der Waals surface area (Å²) in [5, 5.41) is 18.4. The highest BCUT2D eigenvalue weighted by molar-refractivity contribution is 7.86. The number of hydrogen-bond donors (Lipinski definition) is 7. The molecule has 8 rings (SSSR count). The molecule has 0 aliphatic carbocycles. The average molecular weight is 1530 g/mol. The fourth-order valence-corrected chi connectivity index (χ4v) is 12.4. The van der Waals surface area contributed by atoms with Crippen LogP contribution >= 0.6 is 34.8 Å². The first kappa shape index (κ1) is 83.9.